The number of benzene rings is 2. The van der Waals surface area contributed by atoms with E-state index in [2.05, 4.69) is 28.7 Å². The summed E-state index contributed by atoms with van der Waals surface area (Å²) in [4.78, 5) is 22.7. The maximum atomic E-state index is 14.8. The molecule has 3 aromatic rings. The van der Waals surface area contributed by atoms with E-state index >= 15 is 0 Å². The van der Waals surface area contributed by atoms with Crippen LogP contribution in [-0.4, -0.2) is 56.6 Å². The fourth-order valence-electron chi connectivity index (χ4n) is 3.71. The molecule has 37 heavy (non-hydrogen) atoms. The van der Waals surface area contributed by atoms with Crippen molar-refractivity contribution in [2.45, 2.75) is 18.3 Å². The SMILES string of the molecule is C=CC(=O)Cl.C=CC(=O)N1C[C@H](O)[C@H](Nc2nnc(-c3ccc(C(F)(F)F)cc3)c3cccc(F)c23)C1. The third-order valence-corrected chi connectivity index (χ3v) is 5.65. The molecule has 0 unspecified atom stereocenters. The number of fused-ring (bicyclic) bond motifs is 1. The summed E-state index contributed by atoms with van der Waals surface area (Å²) in [6.07, 6.45) is -3.21. The van der Waals surface area contributed by atoms with Crippen LogP contribution in [0.3, 0.4) is 0 Å². The highest BCUT2D eigenvalue weighted by Crippen LogP contribution is 2.35. The van der Waals surface area contributed by atoms with Crippen LogP contribution < -0.4 is 5.32 Å². The monoisotopic (exact) mass is 536 g/mol. The van der Waals surface area contributed by atoms with Crippen LogP contribution in [-0.2, 0) is 15.8 Å². The summed E-state index contributed by atoms with van der Waals surface area (Å²) in [7, 11) is 0. The number of rotatable bonds is 5. The number of anilines is 1. The zero-order valence-electron chi connectivity index (χ0n) is 19.2. The van der Waals surface area contributed by atoms with Gasteiger partial charge in [-0.2, -0.15) is 13.2 Å². The Balaban J connectivity index is 0.000000695. The number of carbonyl (C=O) groups excluding carboxylic acids is 2. The number of allylic oxidation sites excluding steroid dienone is 1. The topological polar surface area (TPSA) is 95.4 Å². The largest absolute Gasteiger partial charge is 0.416 e. The lowest BCUT2D eigenvalue weighted by Gasteiger charge is -2.18. The smallest absolute Gasteiger partial charge is 0.389 e. The van der Waals surface area contributed by atoms with Gasteiger partial charge in [0.2, 0.25) is 11.1 Å². The van der Waals surface area contributed by atoms with Gasteiger partial charge in [-0.15, -0.1) is 10.2 Å². The number of nitrogens with zero attached hydrogens (tertiary/aromatic N) is 3. The summed E-state index contributed by atoms with van der Waals surface area (Å²) in [6, 6.07) is 8.02. The molecule has 0 radical (unpaired) electrons. The summed E-state index contributed by atoms with van der Waals surface area (Å²) in [5, 5.41) is 21.3. The maximum absolute atomic E-state index is 14.8. The third kappa shape index (κ3) is 6.49. The Morgan fingerprint density at radius 3 is 2.30 bits per heavy atom. The Morgan fingerprint density at radius 1 is 1.08 bits per heavy atom. The van der Waals surface area contributed by atoms with Gasteiger partial charge in [0, 0.05) is 24.0 Å². The quantitative estimate of drug-likeness (QED) is 0.282. The standard InChI is InChI=1S/C22H18F4N4O2.C3H3ClO/c1-2-18(32)30-10-16(17(31)11-30)27-21-19-14(4-3-5-15(19)23)20(28-29-21)12-6-8-13(9-7-12)22(24,25)26;1-2-3(4)5/h2-9,16-17,31H,1,10-11H2,(H,27,29);2H,1H2/t16-,17+;/m1./s1. The molecule has 1 aromatic heterocycles. The van der Waals surface area contributed by atoms with E-state index in [-0.39, 0.29) is 35.9 Å². The zero-order valence-corrected chi connectivity index (χ0v) is 19.9. The molecule has 1 saturated heterocycles. The fraction of sp³-hybridized carbons (Fsp3) is 0.200. The molecule has 2 atom stereocenters. The lowest BCUT2D eigenvalue weighted by atomic mass is 10.0. The van der Waals surface area contributed by atoms with Crippen LogP contribution in [0.5, 0.6) is 0 Å². The highest BCUT2D eigenvalue weighted by molar-refractivity contribution is 6.66. The van der Waals surface area contributed by atoms with Crippen LogP contribution in [0.2, 0.25) is 0 Å². The first-order chi connectivity index (χ1) is 17.5. The van der Waals surface area contributed by atoms with Gasteiger partial charge in [0.25, 0.3) is 0 Å². The number of aliphatic hydroxyl groups excluding tert-OH is 1. The van der Waals surface area contributed by atoms with E-state index < -0.39 is 34.9 Å². The number of aromatic nitrogens is 2. The van der Waals surface area contributed by atoms with Crippen LogP contribution in [0.25, 0.3) is 22.0 Å². The number of amides is 1. The summed E-state index contributed by atoms with van der Waals surface area (Å²) in [6.45, 7) is 6.74. The van der Waals surface area contributed by atoms with Crippen molar-refractivity contribution in [2.75, 3.05) is 18.4 Å². The predicted molar refractivity (Wildman–Crippen MR) is 131 cm³/mol. The summed E-state index contributed by atoms with van der Waals surface area (Å²) < 4.78 is 53.4. The molecule has 1 fully saturated rings. The van der Waals surface area contributed by atoms with Crippen molar-refractivity contribution >= 4 is 39.3 Å². The number of β-amino-alcohol motifs (C(OH)–C–C–N with tert-alkyl or cyclic N) is 1. The van der Waals surface area contributed by atoms with E-state index in [0.29, 0.717) is 10.9 Å². The molecule has 1 aliphatic rings. The highest BCUT2D eigenvalue weighted by Gasteiger charge is 2.34. The van der Waals surface area contributed by atoms with Gasteiger partial charge in [-0.05, 0) is 42.0 Å². The second kappa shape index (κ2) is 11.5. The maximum Gasteiger partial charge on any atom is 0.416 e. The van der Waals surface area contributed by atoms with E-state index in [0.717, 1.165) is 24.3 Å². The molecule has 2 aromatic carbocycles. The molecule has 7 nitrogen and oxygen atoms in total. The molecule has 0 bridgehead atoms. The van der Waals surface area contributed by atoms with Crippen LogP contribution in [0.15, 0.2) is 67.8 Å². The van der Waals surface area contributed by atoms with Crippen molar-refractivity contribution in [3.8, 4) is 11.3 Å². The minimum absolute atomic E-state index is 0.0608. The molecule has 194 valence electrons. The van der Waals surface area contributed by atoms with Crippen molar-refractivity contribution in [3.63, 3.8) is 0 Å². The summed E-state index contributed by atoms with van der Waals surface area (Å²) >= 11 is 4.71. The van der Waals surface area contributed by atoms with Crippen LogP contribution >= 0.6 is 11.6 Å². The Morgan fingerprint density at radius 2 is 1.73 bits per heavy atom. The Hall–Kier alpha value is -3.83. The molecule has 2 heterocycles. The second-order valence-corrected chi connectivity index (χ2v) is 8.28. The van der Waals surface area contributed by atoms with Gasteiger partial charge >= 0.3 is 6.18 Å². The summed E-state index contributed by atoms with van der Waals surface area (Å²) in [5.74, 6) is -0.890. The molecular weight excluding hydrogens is 516 g/mol. The van der Waals surface area contributed by atoms with Crippen molar-refractivity contribution in [1.29, 1.82) is 0 Å². The van der Waals surface area contributed by atoms with Gasteiger partial charge in [0.15, 0.2) is 5.82 Å². The number of nitrogens with one attached hydrogen (secondary N) is 1. The first-order valence-electron chi connectivity index (χ1n) is 10.8. The number of hydrogen-bond donors (Lipinski definition) is 2. The van der Waals surface area contributed by atoms with E-state index in [1.54, 1.807) is 6.07 Å². The van der Waals surface area contributed by atoms with Gasteiger partial charge in [-0.25, -0.2) is 4.39 Å². The van der Waals surface area contributed by atoms with Gasteiger partial charge in [0.05, 0.1) is 23.1 Å². The number of carbonyl (C=O) groups is 2. The molecule has 0 saturated carbocycles. The highest BCUT2D eigenvalue weighted by atomic mass is 35.5. The average Bonchev–Trinajstić information content (AvgIpc) is 3.23. The molecule has 0 aliphatic carbocycles. The molecule has 12 heteroatoms. The zero-order chi connectivity index (χ0) is 27.3. The van der Waals surface area contributed by atoms with Crippen LogP contribution in [0, 0.1) is 5.82 Å². The predicted octanol–water partition coefficient (Wildman–Crippen LogP) is 4.56. The lowest BCUT2D eigenvalue weighted by molar-refractivity contribution is -0.137. The van der Waals surface area contributed by atoms with Crippen molar-refractivity contribution in [3.05, 3.63) is 79.2 Å². The molecule has 1 aliphatic heterocycles. The average molecular weight is 537 g/mol. The van der Waals surface area contributed by atoms with Gasteiger partial charge < -0.3 is 15.3 Å². The number of likely N-dealkylation sites (tertiary alicyclic amines) is 1. The van der Waals surface area contributed by atoms with Gasteiger partial charge in [-0.1, -0.05) is 37.4 Å². The van der Waals surface area contributed by atoms with E-state index in [1.165, 1.54) is 29.2 Å². The normalized spacial score (nSPS) is 17.1. The number of alkyl halides is 3. The van der Waals surface area contributed by atoms with Crippen molar-refractivity contribution < 1.29 is 32.3 Å². The summed E-state index contributed by atoms with van der Waals surface area (Å²) in [5.41, 5.74) is -0.248. The van der Waals surface area contributed by atoms with Crippen molar-refractivity contribution in [2.24, 2.45) is 0 Å². The number of aliphatic hydroxyl groups is 1. The van der Waals surface area contributed by atoms with E-state index in [4.69, 9.17) is 11.6 Å². The molecule has 1 amide bonds. The first-order valence-corrected chi connectivity index (χ1v) is 11.1. The molecular formula is C25H21ClF4N4O3. The minimum atomic E-state index is -4.48. The van der Waals surface area contributed by atoms with E-state index in [1.807, 2.05) is 0 Å². The Bertz CT molecular complexity index is 1330. The molecule has 0 spiro atoms. The van der Waals surface area contributed by atoms with Crippen LogP contribution in [0.4, 0.5) is 23.4 Å². The Labute approximate surface area is 214 Å². The van der Waals surface area contributed by atoms with Gasteiger partial charge in [-0.3, -0.25) is 9.59 Å². The van der Waals surface area contributed by atoms with Gasteiger partial charge in [0.1, 0.15) is 11.5 Å². The lowest BCUT2D eigenvalue weighted by Crippen LogP contribution is -2.33. The number of halogens is 5. The first kappa shape index (κ1) is 27.8. The van der Waals surface area contributed by atoms with E-state index in [9.17, 15) is 32.3 Å². The molecule has 2 N–H and O–H groups in total. The number of hydrogen-bond acceptors (Lipinski definition) is 6. The second-order valence-electron chi connectivity index (χ2n) is 7.91. The fourth-order valence-corrected chi connectivity index (χ4v) is 3.71. The van der Waals surface area contributed by atoms with Crippen LogP contribution in [0.1, 0.15) is 5.56 Å². The third-order valence-electron chi connectivity index (χ3n) is 5.50. The molecule has 4 rings (SSSR count). The minimum Gasteiger partial charge on any atom is -0.389 e. The Kier molecular flexibility index (Phi) is 8.61. The van der Waals surface area contributed by atoms with Crippen molar-refractivity contribution in [1.82, 2.24) is 15.1 Å².